The number of Topliss-reactive ketones (excluding diaryl/α,β-unsaturated/α-hetero) is 1. The van der Waals surface area contributed by atoms with Crippen molar-refractivity contribution in [2.45, 2.75) is 27.2 Å². The monoisotopic (exact) mass is 140 g/mol. The molecular formula is C9H16O. The topological polar surface area (TPSA) is 17.1 Å². The van der Waals surface area contributed by atoms with Crippen molar-refractivity contribution in [3.05, 3.63) is 24.8 Å². The average molecular weight is 140 g/mol. The first-order valence-electron chi connectivity index (χ1n) is 3.32. The molecule has 1 heteroatoms. The highest BCUT2D eigenvalue weighted by Crippen LogP contribution is 1.81. The maximum atomic E-state index is 9.81. The molecule has 0 aliphatic rings. The van der Waals surface area contributed by atoms with Crippen LogP contribution >= 0.6 is 0 Å². The van der Waals surface area contributed by atoms with E-state index in [1.807, 2.05) is 13.8 Å². The van der Waals surface area contributed by atoms with E-state index in [9.17, 15) is 4.79 Å². The molecule has 0 bridgehead atoms. The van der Waals surface area contributed by atoms with Gasteiger partial charge in [-0.15, -0.1) is 0 Å². The minimum atomic E-state index is 0.255. The van der Waals surface area contributed by atoms with Gasteiger partial charge in [-0.05, 0) is 13.8 Å². The maximum absolute atomic E-state index is 9.81. The minimum Gasteiger partial charge on any atom is -0.300 e. The minimum absolute atomic E-state index is 0.255. The Morgan fingerprint density at radius 2 is 1.70 bits per heavy atom. The van der Waals surface area contributed by atoms with Gasteiger partial charge < -0.3 is 4.79 Å². The summed E-state index contributed by atoms with van der Waals surface area (Å²) in [5.74, 6) is 0.255. The van der Waals surface area contributed by atoms with E-state index in [0.29, 0.717) is 6.42 Å². The molecule has 0 aromatic heterocycles. The fourth-order valence-electron chi connectivity index (χ4n) is 0. The lowest BCUT2D eigenvalue weighted by molar-refractivity contribution is -0.116. The number of hydrogen-bond acceptors (Lipinski definition) is 1. The highest BCUT2D eigenvalue weighted by atomic mass is 16.1. The van der Waals surface area contributed by atoms with Crippen molar-refractivity contribution < 1.29 is 4.79 Å². The maximum Gasteiger partial charge on any atom is 0.129 e. The molecule has 0 aromatic carbocycles. The summed E-state index contributed by atoms with van der Waals surface area (Å²) in [6.07, 6.45) is 2.39. The van der Waals surface area contributed by atoms with Gasteiger partial charge in [0.15, 0.2) is 0 Å². The van der Waals surface area contributed by atoms with Crippen LogP contribution in [-0.4, -0.2) is 5.78 Å². The van der Waals surface area contributed by atoms with Crippen molar-refractivity contribution in [1.82, 2.24) is 0 Å². The van der Waals surface area contributed by atoms with Crippen molar-refractivity contribution in [3.63, 3.8) is 0 Å². The highest BCUT2D eigenvalue weighted by Gasteiger charge is 1.76. The Bertz CT molecular complexity index is 123. The quantitative estimate of drug-likeness (QED) is 0.539. The van der Waals surface area contributed by atoms with Gasteiger partial charge >= 0.3 is 0 Å². The van der Waals surface area contributed by atoms with Crippen molar-refractivity contribution in [1.29, 1.82) is 0 Å². The van der Waals surface area contributed by atoms with Crippen LogP contribution < -0.4 is 0 Å². The number of ketones is 1. The number of carbonyl (C=O) groups is 1. The predicted octanol–water partition coefficient (Wildman–Crippen LogP) is 2.73. The van der Waals surface area contributed by atoms with Gasteiger partial charge in [0.1, 0.15) is 5.78 Å². The Labute approximate surface area is 63.4 Å². The van der Waals surface area contributed by atoms with Gasteiger partial charge in [-0.3, -0.25) is 0 Å². The number of rotatable bonds is 2. The molecular weight excluding hydrogens is 124 g/mol. The van der Waals surface area contributed by atoms with Gasteiger partial charge in [0, 0.05) is 6.42 Å². The van der Waals surface area contributed by atoms with Crippen molar-refractivity contribution >= 4 is 5.78 Å². The molecule has 0 saturated heterocycles. The molecule has 0 rings (SSSR count). The Kier molecular flexibility index (Phi) is 9.69. The SMILES string of the molecule is C=CC(=C)C.CCC(C)=O. The van der Waals surface area contributed by atoms with E-state index in [2.05, 4.69) is 13.2 Å². The van der Waals surface area contributed by atoms with Crippen LogP contribution in [0.1, 0.15) is 27.2 Å². The van der Waals surface area contributed by atoms with Crippen LogP contribution in [0.4, 0.5) is 0 Å². The summed E-state index contributed by atoms with van der Waals surface area (Å²) >= 11 is 0. The largest absolute Gasteiger partial charge is 0.300 e. The Morgan fingerprint density at radius 1 is 1.50 bits per heavy atom. The second kappa shape index (κ2) is 8.15. The molecule has 0 aliphatic carbocycles. The Balaban J connectivity index is 0. The van der Waals surface area contributed by atoms with Crippen molar-refractivity contribution in [2.24, 2.45) is 0 Å². The summed E-state index contributed by atoms with van der Waals surface area (Å²) in [6, 6.07) is 0. The summed E-state index contributed by atoms with van der Waals surface area (Å²) in [5.41, 5.74) is 1.02. The van der Waals surface area contributed by atoms with Crippen molar-refractivity contribution in [2.75, 3.05) is 0 Å². The fourth-order valence-corrected chi connectivity index (χ4v) is 0. The number of hydrogen-bond donors (Lipinski definition) is 0. The summed E-state index contributed by atoms with van der Waals surface area (Å²) in [4.78, 5) is 9.81. The van der Waals surface area contributed by atoms with E-state index >= 15 is 0 Å². The Hall–Kier alpha value is -0.850. The zero-order valence-electron chi connectivity index (χ0n) is 7.11. The fraction of sp³-hybridized carbons (Fsp3) is 0.444. The van der Waals surface area contributed by atoms with Gasteiger partial charge in [-0.25, -0.2) is 0 Å². The first kappa shape index (κ1) is 11.9. The third-order valence-corrected chi connectivity index (χ3v) is 0.846. The average Bonchev–Trinajstić information content (AvgIpc) is 1.89. The standard InChI is InChI=1S/C5H8.C4H8O/c1-4-5(2)3;1-3-4(2)5/h4H,1-2H2,3H3;3H2,1-2H3. The zero-order valence-corrected chi connectivity index (χ0v) is 7.11. The normalized spacial score (nSPS) is 7.10. The summed E-state index contributed by atoms with van der Waals surface area (Å²) in [6.45, 7) is 12.4. The van der Waals surface area contributed by atoms with Crippen LogP contribution in [0.5, 0.6) is 0 Å². The van der Waals surface area contributed by atoms with E-state index in [0.717, 1.165) is 5.57 Å². The molecule has 0 unspecified atom stereocenters. The van der Waals surface area contributed by atoms with E-state index < -0.39 is 0 Å². The molecule has 0 saturated carbocycles. The molecule has 10 heavy (non-hydrogen) atoms. The molecule has 0 atom stereocenters. The summed E-state index contributed by atoms with van der Waals surface area (Å²) in [5, 5.41) is 0. The molecule has 0 N–H and O–H groups in total. The van der Waals surface area contributed by atoms with Crippen LogP contribution in [0.15, 0.2) is 24.8 Å². The molecule has 0 fully saturated rings. The molecule has 0 radical (unpaired) electrons. The molecule has 0 heterocycles. The molecule has 0 amide bonds. The molecule has 0 aliphatic heterocycles. The van der Waals surface area contributed by atoms with Crippen LogP contribution in [0, 0.1) is 0 Å². The second-order valence-corrected chi connectivity index (χ2v) is 2.11. The van der Waals surface area contributed by atoms with Gasteiger partial charge in [0.2, 0.25) is 0 Å². The third kappa shape index (κ3) is 27.3. The lowest BCUT2D eigenvalue weighted by Gasteiger charge is -1.71. The highest BCUT2D eigenvalue weighted by molar-refractivity contribution is 5.74. The number of carbonyl (C=O) groups excluding carboxylic acids is 1. The van der Waals surface area contributed by atoms with Crippen LogP contribution in [0.2, 0.25) is 0 Å². The van der Waals surface area contributed by atoms with E-state index in [4.69, 9.17) is 0 Å². The molecule has 0 spiro atoms. The van der Waals surface area contributed by atoms with Crippen LogP contribution in [0.25, 0.3) is 0 Å². The van der Waals surface area contributed by atoms with Crippen molar-refractivity contribution in [3.8, 4) is 0 Å². The van der Waals surface area contributed by atoms with Gasteiger partial charge in [-0.1, -0.05) is 31.7 Å². The summed E-state index contributed by atoms with van der Waals surface area (Å²) < 4.78 is 0. The third-order valence-electron chi connectivity index (χ3n) is 0.846. The first-order chi connectivity index (χ1) is 4.54. The van der Waals surface area contributed by atoms with Gasteiger partial charge in [0.05, 0.1) is 0 Å². The van der Waals surface area contributed by atoms with E-state index in [1.165, 1.54) is 0 Å². The molecule has 0 aromatic rings. The lowest BCUT2D eigenvalue weighted by Crippen LogP contribution is -1.80. The van der Waals surface area contributed by atoms with Gasteiger partial charge in [-0.2, -0.15) is 0 Å². The summed E-state index contributed by atoms with van der Waals surface area (Å²) in [7, 11) is 0. The van der Waals surface area contributed by atoms with Gasteiger partial charge in [0.25, 0.3) is 0 Å². The van der Waals surface area contributed by atoms with E-state index in [1.54, 1.807) is 13.0 Å². The van der Waals surface area contributed by atoms with Crippen LogP contribution in [-0.2, 0) is 4.79 Å². The zero-order chi connectivity index (χ0) is 8.57. The smallest absolute Gasteiger partial charge is 0.129 e. The number of allylic oxidation sites excluding steroid dienone is 2. The molecule has 58 valence electrons. The predicted molar refractivity (Wildman–Crippen MR) is 46.0 cm³/mol. The molecule has 1 nitrogen and oxygen atoms in total. The first-order valence-corrected chi connectivity index (χ1v) is 3.32. The van der Waals surface area contributed by atoms with E-state index in [-0.39, 0.29) is 5.78 Å². The Morgan fingerprint density at radius 3 is 1.70 bits per heavy atom. The lowest BCUT2D eigenvalue weighted by atomic mass is 10.4. The second-order valence-electron chi connectivity index (χ2n) is 2.11. The van der Waals surface area contributed by atoms with Crippen LogP contribution in [0.3, 0.4) is 0 Å².